The first-order valence-corrected chi connectivity index (χ1v) is 10.5. The second-order valence-corrected chi connectivity index (χ2v) is 8.56. The number of ether oxygens (including phenoxy) is 1. The van der Waals surface area contributed by atoms with Gasteiger partial charge in [-0.15, -0.1) is 16.9 Å². The lowest BCUT2D eigenvalue weighted by Crippen LogP contribution is -2.75. The molecule has 3 aliphatic rings. The molecular weight excluding hydrogens is 442 g/mol. The molecule has 0 bridgehead atoms. The van der Waals surface area contributed by atoms with Crippen LogP contribution in [-0.2, 0) is 19.1 Å². The van der Waals surface area contributed by atoms with Gasteiger partial charge in [0.2, 0.25) is 11.7 Å². The predicted molar refractivity (Wildman–Crippen MR) is 106 cm³/mol. The quantitative estimate of drug-likeness (QED) is 0.313. The minimum Gasteiger partial charge on any atom is -0.477 e. The number of nitrogens with zero attached hydrogens (tertiary/aromatic N) is 6. The third kappa shape index (κ3) is 2.79. The van der Waals surface area contributed by atoms with Crippen LogP contribution in [0.1, 0.15) is 23.2 Å². The molecule has 3 aliphatic heterocycles. The fourth-order valence-corrected chi connectivity index (χ4v) is 5.40. The van der Waals surface area contributed by atoms with Crippen molar-refractivity contribution < 1.29 is 29.0 Å². The predicted octanol–water partition coefficient (Wildman–Crippen LogP) is -1.24. The number of nitrogens with two attached hydrogens (primary N) is 1. The van der Waals surface area contributed by atoms with Crippen LogP contribution in [0.15, 0.2) is 22.4 Å². The first-order valence-electron chi connectivity index (χ1n) is 9.54. The number of hydrogen-bond acceptors (Lipinski definition) is 9. The minimum absolute atomic E-state index is 0.0918. The summed E-state index contributed by atoms with van der Waals surface area (Å²) < 4.78 is 7.18. The number of aromatic nitrogens is 4. The van der Waals surface area contributed by atoms with Crippen LogP contribution >= 0.6 is 11.8 Å². The maximum atomic E-state index is 12.7. The highest BCUT2D eigenvalue weighted by molar-refractivity contribution is 7.99. The average molecular weight is 459 g/mol. The maximum Gasteiger partial charge on any atom is 0.352 e. The molecule has 13 nitrogen and oxygen atoms in total. The summed E-state index contributed by atoms with van der Waals surface area (Å²) in [6, 6.07) is 0.426. The zero-order valence-electron chi connectivity index (χ0n) is 16.9. The molecule has 2 saturated heterocycles. The van der Waals surface area contributed by atoms with Gasteiger partial charge in [0.05, 0.1) is 6.04 Å². The Hall–Kier alpha value is -3.52. The molecule has 32 heavy (non-hydrogen) atoms. The first-order chi connectivity index (χ1) is 15.2. The molecule has 0 aliphatic carbocycles. The van der Waals surface area contributed by atoms with Crippen molar-refractivity contribution in [3.63, 3.8) is 0 Å². The van der Waals surface area contributed by atoms with E-state index in [-0.39, 0.29) is 35.7 Å². The Labute approximate surface area is 184 Å². The lowest BCUT2D eigenvalue weighted by atomic mass is 9.89. The van der Waals surface area contributed by atoms with Crippen LogP contribution in [0.3, 0.4) is 0 Å². The van der Waals surface area contributed by atoms with Crippen molar-refractivity contribution in [2.45, 2.75) is 37.1 Å². The van der Waals surface area contributed by atoms with E-state index < -0.39 is 36.0 Å². The number of aryl methyl sites for hydroxylation is 1. The van der Waals surface area contributed by atoms with E-state index in [0.717, 1.165) is 0 Å². The van der Waals surface area contributed by atoms with Crippen LogP contribution in [0.2, 0.25) is 0 Å². The van der Waals surface area contributed by atoms with Crippen molar-refractivity contribution in [2.24, 2.45) is 5.73 Å². The van der Waals surface area contributed by atoms with Crippen molar-refractivity contribution in [2.75, 3.05) is 12.5 Å². The van der Waals surface area contributed by atoms with Gasteiger partial charge in [-0.2, -0.15) is 9.50 Å². The Kier molecular flexibility index (Phi) is 4.46. The molecule has 3 N–H and O–H groups in total. The van der Waals surface area contributed by atoms with E-state index in [0.29, 0.717) is 16.3 Å². The number of fused-ring (bicyclic) bond motifs is 1. The largest absolute Gasteiger partial charge is 0.477 e. The van der Waals surface area contributed by atoms with Gasteiger partial charge in [-0.3, -0.25) is 19.3 Å². The summed E-state index contributed by atoms with van der Waals surface area (Å²) in [6.45, 7) is 2.99. The highest BCUT2D eigenvalue weighted by Gasteiger charge is 2.64. The molecule has 0 aromatic carbocycles. The lowest BCUT2D eigenvalue weighted by molar-refractivity contribution is -0.192. The molecule has 3 amide bonds. The molecule has 166 valence electrons. The summed E-state index contributed by atoms with van der Waals surface area (Å²) in [4.78, 5) is 58.8. The minimum atomic E-state index is -1.24. The zero-order valence-corrected chi connectivity index (χ0v) is 17.7. The second kappa shape index (κ2) is 7.00. The highest BCUT2D eigenvalue weighted by Crippen LogP contribution is 2.46. The molecule has 2 fully saturated rings. The summed E-state index contributed by atoms with van der Waals surface area (Å²) >= 11 is 1.24. The summed E-state index contributed by atoms with van der Waals surface area (Å²) in [7, 11) is 0. The number of rotatable bonds is 5. The molecule has 0 spiro atoms. The van der Waals surface area contributed by atoms with E-state index in [2.05, 4.69) is 15.1 Å². The number of primary amides is 1. The van der Waals surface area contributed by atoms with Crippen molar-refractivity contribution in [3.05, 3.63) is 28.9 Å². The van der Waals surface area contributed by atoms with E-state index >= 15 is 0 Å². The molecule has 14 heteroatoms. The van der Waals surface area contributed by atoms with Crippen LogP contribution < -0.4 is 5.73 Å². The number of carboxylic acid groups (broad SMARTS) is 1. The van der Waals surface area contributed by atoms with Crippen molar-refractivity contribution >= 4 is 41.2 Å². The Morgan fingerprint density at radius 1 is 1.34 bits per heavy atom. The lowest BCUT2D eigenvalue weighted by Gasteiger charge is -2.52. The number of β-lactam (4-membered cyclic amide) rings is 1. The van der Waals surface area contributed by atoms with Gasteiger partial charge in [0, 0.05) is 23.9 Å². The van der Waals surface area contributed by atoms with Gasteiger partial charge < -0.3 is 20.5 Å². The highest BCUT2D eigenvalue weighted by atomic mass is 32.2. The van der Waals surface area contributed by atoms with Crippen molar-refractivity contribution in [1.29, 1.82) is 0 Å². The normalized spacial score (nSPS) is 24.1. The summed E-state index contributed by atoms with van der Waals surface area (Å²) in [5, 5.41) is 14.4. The van der Waals surface area contributed by atoms with Crippen molar-refractivity contribution in [3.8, 4) is 0 Å². The first kappa shape index (κ1) is 20.4. The van der Waals surface area contributed by atoms with E-state index in [1.54, 1.807) is 13.0 Å². The fourth-order valence-electron chi connectivity index (χ4n) is 4.30. The number of carbonyl (C=O) groups excluding carboxylic acids is 3. The van der Waals surface area contributed by atoms with Gasteiger partial charge in [-0.1, -0.05) is 0 Å². The maximum absolute atomic E-state index is 12.7. The Bertz CT molecular complexity index is 1260. The van der Waals surface area contributed by atoms with Crippen LogP contribution in [0.4, 0.5) is 0 Å². The smallest absolute Gasteiger partial charge is 0.352 e. The van der Waals surface area contributed by atoms with Gasteiger partial charge in [0.25, 0.3) is 17.6 Å². The van der Waals surface area contributed by atoms with Crippen LogP contribution in [0.25, 0.3) is 5.78 Å². The molecule has 0 radical (unpaired) electrons. The zero-order chi connectivity index (χ0) is 22.9. The average Bonchev–Trinajstić information content (AvgIpc) is 3.29. The third-order valence-electron chi connectivity index (χ3n) is 5.65. The summed E-state index contributed by atoms with van der Waals surface area (Å²) in [5.74, 6) is -2.61. The number of hydrogen-bond donors (Lipinski definition) is 2. The topological polar surface area (TPSA) is 173 Å². The Morgan fingerprint density at radius 3 is 2.75 bits per heavy atom. The van der Waals surface area contributed by atoms with Gasteiger partial charge in [0.1, 0.15) is 29.6 Å². The third-order valence-corrected chi connectivity index (χ3v) is 6.69. The second-order valence-electron chi connectivity index (χ2n) is 7.56. The van der Waals surface area contributed by atoms with E-state index in [1.807, 2.05) is 0 Å². The molecule has 5 rings (SSSR count). The monoisotopic (exact) mass is 459 g/mol. The van der Waals surface area contributed by atoms with Crippen LogP contribution in [0.5, 0.6) is 0 Å². The van der Waals surface area contributed by atoms with E-state index in [9.17, 15) is 24.3 Å². The molecule has 5 heterocycles. The number of thioether (sulfide) groups is 1. The molecule has 1 unspecified atom stereocenters. The molecule has 2 aromatic heterocycles. The van der Waals surface area contributed by atoms with E-state index in [4.69, 9.17) is 10.5 Å². The standard InChI is InChI=1S/C18H17N7O6S/c1-6-3-9(25-18(20-6)21-15(22-25)14(19)27)32-4-8-10(17(29)30)24-11-12(16(24)28)23(7(2)26)5-31-13(8)11/h3,11-13H,4-5H2,1-2H3,(H2,19,27)(H,29,30)/t11-,12-,13?/m0/s1. The van der Waals surface area contributed by atoms with Crippen LogP contribution in [-0.4, -0.2) is 88.9 Å². The Morgan fingerprint density at radius 2 is 2.09 bits per heavy atom. The van der Waals surface area contributed by atoms with Gasteiger partial charge in [0.15, 0.2) is 0 Å². The molecule has 2 aromatic rings. The van der Waals surface area contributed by atoms with E-state index in [1.165, 1.54) is 33.0 Å². The Balaban J connectivity index is 1.49. The number of carbonyl (C=O) groups is 4. The summed E-state index contributed by atoms with van der Waals surface area (Å²) in [6.07, 6.45) is -0.637. The summed E-state index contributed by atoms with van der Waals surface area (Å²) in [5.41, 5.74) is 6.19. The van der Waals surface area contributed by atoms with Gasteiger partial charge >= 0.3 is 5.97 Å². The van der Waals surface area contributed by atoms with Gasteiger partial charge in [-0.25, -0.2) is 9.78 Å². The number of carboxylic acids is 1. The SMILES string of the molecule is CC(=O)N1COC2C(CSc3cc(C)nc4nc(C(N)=O)nn34)=C(C(=O)O)N3C(=O)[C@@H]1[C@@H]23. The molecular formula is C18H17N7O6S. The molecule has 3 atom stereocenters. The number of amides is 3. The fraction of sp³-hybridized carbons (Fsp3) is 0.389. The number of aliphatic carboxylic acids is 1. The van der Waals surface area contributed by atoms with Crippen LogP contribution in [0, 0.1) is 6.92 Å². The van der Waals surface area contributed by atoms with Gasteiger partial charge in [-0.05, 0) is 13.0 Å². The van der Waals surface area contributed by atoms with Crippen molar-refractivity contribution in [1.82, 2.24) is 29.4 Å². The molecule has 0 saturated carbocycles.